The number of nitrogens with zero attached hydrogens (tertiary/aromatic N) is 4. The fourth-order valence-electron chi connectivity index (χ4n) is 3.43. The van der Waals surface area contributed by atoms with E-state index in [1.807, 2.05) is 11.1 Å². The van der Waals surface area contributed by atoms with Crippen LogP contribution in [0.4, 0.5) is 10.3 Å². The molecule has 4 rings (SSSR count). The Kier molecular flexibility index (Phi) is 4.20. The summed E-state index contributed by atoms with van der Waals surface area (Å²) in [4.78, 5) is 23.4. The van der Waals surface area contributed by atoms with Gasteiger partial charge in [-0.05, 0) is 24.0 Å². The van der Waals surface area contributed by atoms with Gasteiger partial charge in [0, 0.05) is 30.3 Å². The average molecular weight is 376 g/mol. The lowest BCUT2D eigenvalue weighted by molar-refractivity contribution is -0.137. The predicted octanol–water partition coefficient (Wildman–Crippen LogP) is 3.10. The minimum atomic E-state index is -0.852. The normalized spacial score (nSPS) is 21.5. The first-order chi connectivity index (χ1) is 12.5. The van der Waals surface area contributed by atoms with Gasteiger partial charge in [-0.1, -0.05) is 11.6 Å². The van der Waals surface area contributed by atoms with E-state index in [0.717, 1.165) is 11.3 Å². The number of aromatic nitrogens is 2. The van der Waals surface area contributed by atoms with Crippen LogP contribution in [0.25, 0.3) is 0 Å². The third kappa shape index (κ3) is 3.20. The fourth-order valence-corrected chi connectivity index (χ4v) is 3.53. The van der Waals surface area contributed by atoms with E-state index >= 15 is 0 Å². The zero-order valence-corrected chi connectivity index (χ0v) is 14.4. The van der Waals surface area contributed by atoms with Crippen molar-refractivity contribution in [2.75, 3.05) is 12.0 Å². The van der Waals surface area contributed by atoms with E-state index in [-0.39, 0.29) is 12.3 Å². The molecule has 26 heavy (non-hydrogen) atoms. The predicted molar refractivity (Wildman–Crippen MR) is 94.1 cm³/mol. The van der Waals surface area contributed by atoms with Gasteiger partial charge in [0.2, 0.25) is 11.9 Å². The van der Waals surface area contributed by atoms with Crippen molar-refractivity contribution in [1.82, 2.24) is 15.0 Å². The largest absolute Gasteiger partial charge is 0.481 e. The van der Waals surface area contributed by atoms with Gasteiger partial charge in [0.1, 0.15) is 0 Å². The van der Waals surface area contributed by atoms with Crippen molar-refractivity contribution in [2.45, 2.75) is 19.3 Å². The van der Waals surface area contributed by atoms with E-state index in [0.29, 0.717) is 41.6 Å². The molecule has 1 aliphatic carbocycles. The number of hydrazine groups is 1. The van der Waals surface area contributed by atoms with Crippen LogP contribution in [0.5, 0.6) is 0 Å². The molecule has 0 fully saturated rings. The van der Waals surface area contributed by atoms with Crippen LogP contribution in [0.2, 0.25) is 5.02 Å². The fraction of sp³-hybridized carbons (Fsp3) is 0.294. The molecule has 2 N–H and O–H groups in total. The quantitative estimate of drug-likeness (QED) is 0.786. The van der Waals surface area contributed by atoms with Crippen LogP contribution in [0.15, 0.2) is 52.3 Å². The van der Waals surface area contributed by atoms with Crippen LogP contribution in [-0.4, -0.2) is 38.3 Å². The molecule has 0 spiro atoms. The zero-order valence-electron chi connectivity index (χ0n) is 13.6. The van der Waals surface area contributed by atoms with Gasteiger partial charge in [-0.2, -0.15) is 4.39 Å². The van der Waals surface area contributed by atoms with E-state index in [1.165, 1.54) is 18.5 Å². The third-order valence-electron chi connectivity index (χ3n) is 4.57. The molecule has 1 atom stereocenters. The van der Waals surface area contributed by atoms with Crippen LogP contribution in [-0.2, 0) is 4.79 Å². The maximum atomic E-state index is 13.6. The van der Waals surface area contributed by atoms with Crippen molar-refractivity contribution in [1.29, 1.82) is 0 Å². The molecule has 7 nitrogen and oxygen atoms in total. The number of rotatable bonds is 4. The lowest BCUT2D eigenvalue weighted by atomic mass is 9.81. The van der Waals surface area contributed by atoms with Crippen molar-refractivity contribution in [2.24, 2.45) is 10.9 Å². The molecule has 1 aromatic rings. The number of carbonyl (C=O) groups is 1. The Balaban J connectivity index is 1.67. The summed E-state index contributed by atoms with van der Waals surface area (Å²) in [5, 5.41) is 11.5. The smallest absolute Gasteiger partial charge is 0.303 e. The average Bonchev–Trinajstić information content (AvgIpc) is 2.96. The van der Waals surface area contributed by atoms with Crippen molar-refractivity contribution in [3.8, 4) is 0 Å². The number of nitrogens with one attached hydrogen (secondary N) is 1. The molecular formula is C17H15ClFN5O2. The van der Waals surface area contributed by atoms with Crippen LogP contribution in [0, 0.1) is 5.92 Å². The lowest BCUT2D eigenvalue weighted by Crippen LogP contribution is -2.39. The van der Waals surface area contributed by atoms with Crippen molar-refractivity contribution in [3.63, 3.8) is 0 Å². The molecule has 0 radical (unpaired) electrons. The third-order valence-corrected chi connectivity index (χ3v) is 4.77. The number of halogens is 2. The van der Waals surface area contributed by atoms with E-state index in [4.69, 9.17) is 11.6 Å². The highest BCUT2D eigenvalue weighted by Gasteiger charge is 2.34. The van der Waals surface area contributed by atoms with Crippen LogP contribution < -0.4 is 5.43 Å². The second kappa shape index (κ2) is 6.53. The zero-order chi connectivity index (χ0) is 18.3. The van der Waals surface area contributed by atoms with Gasteiger partial charge < -0.3 is 5.11 Å². The maximum Gasteiger partial charge on any atom is 0.303 e. The molecule has 2 aliphatic heterocycles. The van der Waals surface area contributed by atoms with Gasteiger partial charge in [0.25, 0.3) is 0 Å². The Hall–Kier alpha value is -2.74. The van der Waals surface area contributed by atoms with Gasteiger partial charge in [-0.3, -0.25) is 15.2 Å². The number of anilines is 1. The Morgan fingerprint density at radius 2 is 2.15 bits per heavy atom. The Labute approximate surface area is 153 Å². The first-order valence-electron chi connectivity index (χ1n) is 8.13. The summed E-state index contributed by atoms with van der Waals surface area (Å²) in [5.41, 5.74) is 6.23. The van der Waals surface area contributed by atoms with E-state index in [2.05, 4.69) is 20.4 Å². The molecule has 0 unspecified atom stereocenters. The van der Waals surface area contributed by atoms with Crippen molar-refractivity contribution >= 4 is 29.2 Å². The Morgan fingerprint density at radius 3 is 2.88 bits per heavy atom. The monoisotopic (exact) mass is 375 g/mol. The molecule has 9 heteroatoms. The van der Waals surface area contributed by atoms with Gasteiger partial charge in [-0.25, -0.2) is 15.0 Å². The minimum absolute atomic E-state index is 0.0343. The SMILES string of the molecule is O=C(O)C[C@@H]1CCN(Nc2ncc(Cl)cn2)C2=C1C=C1C=C(F)N=C1C2. The highest BCUT2D eigenvalue weighted by atomic mass is 35.5. The summed E-state index contributed by atoms with van der Waals surface area (Å²) < 4.78 is 13.6. The summed E-state index contributed by atoms with van der Waals surface area (Å²) >= 11 is 5.81. The molecule has 0 bridgehead atoms. The number of carboxylic acid groups (broad SMARTS) is 1. The molecule has 134 valence electrons. The van der Waals surface area contributed by atoms with Crippen molar-refractivity contribution < 1.29 is 14.3 Å². The van der Waals surface area contributed by atoms with E-state index in [1.54, 1.807) is 0 Å². The van der Waals surface area contributed by atoms with Gasteiger partial charge in [0.05, 0.1) is 29.5 Å². The number of fused-ring (bicyclic) bond motifs is 1. The molecular weight excluding hydrogens is 361 g/mol. The number of hydrogen-bond acceptors (Lipinski definition) is 6. The maximum absolute atomic E-state index is 13.6. The van der Waals surface area contributed by atoms with Gasteiger partial charge in [0.15, 0.2) is 0 Å². The molecule has 3 heterocycles. The van der Waals surface area contributed by atoms with E-state index < -0.39 is 11.9 Å². The molecule has 0 saturated heterocycles. The first-order valence-corrected chi connectivity index (χ1v) is 8.51. The number of aliphatic carboxylic acids is 1. The summed E-state index contributed by atoms with van der Waals surface area (Å²) in [6.07, 6.45) is 7.30. The molecule has 0 saturated carbocycles. The molecule has 1 aromatic heterocycles. The first kappa shape index (κ1) is 16.7. The number of aliphatic imine (C=N–C) groups is 1. The number of hydrogen-bond donors (Lipinski definition) is 2. The summed E-state index contributed by atoms with van der Waals surface area (Å²) in [7, 11) is 0. The van der Waals surface area contributed by atoms with Crippen molar-refractivity contribution in [3.05, 3.63) is 52.4 Å². The highest BCUT2D eigenvalue weighted by molar-refractivity contribution is 6.30. The number of allylic oxidation sites excluding steroid dienone is 5. The van der Waals surface area contributed by atoms with Crippen LogP contribution >= 0.6 is 11.6 Å². The minimum Gasteiger partial charge on any atom is -0.481 e. The van der Waals surface area contributed by atoms with E-state index in [9.17, 15) is 14.3 Å². The second-order valence-electron chi connectivity index (χ2n) is 6.28. The summed E-state index contributed by atoms with van der Waals surface area (Å²) in [6.45, 7) is 0.579. The van der Waals surface area contributed by atoms with Gasteiger partial charge >= 0.3 is 5.97 Å². The lowest BCUT2D eigenvalue weighted by Gasteiger charge is -2.38. The molecule has 3 aliphatic rings. The van der Waals surface area contributed by atoms with Crippen LogP contribution in [0.1, 0.15) is 19.3 Å². The Bertz CT molecular complexity index is 891. The number of carboxylic acids is 1. The van der Waals surface area contributed by atoms with Crippen LogP contribution in [0.3, 0.4) is 0 Å². The molecule has 0 amide bonds. The van der Waals surface area contributed by atoms with Gasteiger partial charge in [-0.15, -0.1) is 0 Å². The summed E-state index contributed by atoms with van der Waals surface area (Å²) in [5.74, 6) is -1.13. The summed E-state index contributed by atoms with van der Waals surface area (Å²) in [6, 6.07) is 0. The standard InChI is InChI=1S/C17H15ClFN5O2/c18-11-7-20-17(21-8-11)23-24-2-1-9(5-16(25)26)12-3-10-4-15(19)22-13(10)6-14(12)24/h3-4,7-9H,1-2,5-6H2,(H,25,26)(H,20,21,23)/t9-/m0/s1. The second-order valence-corrected chi connectivity index (χ2v) is 6.71. The molecule has 0 aromatic carbocycles. The highest BCUT2D eigenvalue weighted by Crippen LogP contribution is 2.39. The topological polar surface area (TPSA) is 90.7 Å². The Morgan fingerprint density at radius 1 is 1.38 bits per heavy atom.